The second kappa shape index (κ2) is 4.76. The summed E-state index contributed by atoms with van der Waals surface area (Å²) in [7, 11) is 0. The summed E-state index contributed by atoms with van der Waals surface area (Å²) < 4.78 is 0. The molecule has 90 valence electrons. The predicted octanol–water partition coefficient (Wildman–Crippen LogP) is 2.95. The zero-order valence-corrected chi connectivity index (χ0v) is 11.1. The van der Waals surface area contributed by atoms with Gasteiger partial charge in [0.25, 0.3) is 0 Å². The lowest BCUT2D eigenvalue weighted by atomic mass is 10.3. The summed E-state index contributed by atoms with van der Waals surface area (Å²) in [6, 6.07) is 5.09. The number of nitrogens with two attached hydrogens (primary N) is 1. The third-order valence-electron chi connectivity index (χ3n) is 2.93. The van der Waals surface area contributed by atoms with Gasteiger partial charge in [-0.25, -0.2) is 4.98 Å². The van der Waals surface area contributed by atoms with Crippen LogP contribution in [0.15, 0.2) is 23.7 Å². The van der Waals surface area contributed by atoms with Crippen LogP contribution < -0.4 is 5.73 Å². The highest BCUT2D eigenvalue weighted by molar-refractivity contribution is 7.15. The second-order valence-corrected chi connectivity index (χ2v) is 6.56. The average molecular weight is 265 g/mol. The molecule has 0 saturated heterocycles. The summed E-state index contributed by atoms with van der Waals surface area (Å²) in [4.78, 5) is 9.37. The van der Waals surface area contributed by atoms with Crippen molar-refractivity contribution in [3.63, 3.8) is 0 Å². The first-order chi connectivity index (χ1) is 8.31. The smallest absolute Gasteiger partial charge is 0.180 e. The number of nitrogen functional groups attached to an aromatic ring is 1. The van der Waals surface area contributed by atoms with Crippen molar-refractivity contribution in [1.82, 2.24) is 9.88 Å². The van der Waals surface area contributed by atoms with Crippen LogP contribution >= 0.6 is 22.7 Å². The van der Waals surface area contributed by atoms with Crippen LogP contribution in [-0.4, -0.2) is 15.9 Å². The molecule has 0 unspecified atom stereocenters. The fourth-order valence-electron chi connectivity index (χ4n) is 1.95. The van der Waals surface area contributed by atoms with Crippen molar-refractivity contribution in [2.45, 2.75) is 32.0 Å². The van der Waals surface area contributed by atoms with Gasteiger partial charge >= 0.3 is 0 Å². The second-order valence-electron chi connectivity index (χ2n) is 4.38. The van der Waals surface area contributed by atoms with Gasteiger partial charge in [-0.1, -0.05) is 6.07 Å². The van der Waals surface area contributed by atoms with Gasteiger partial charge in [-0.05, 0) is 24.3 Å². The van der Waals surface area contributed by atoms with Gasteiger partial charge in [-0.2, -0.15) is 0 Å². The van der Waals surface area contributed by atoms with E-state index in [9.17, 15) is 0 Å². The lowest BCUT2D eigenvalue weighted by molar-refractivity contribution is 0.250. The Labute approximate surface area is 109 Å². The van der Waals surface area contributed by atoms with Gasteiger partial charge in [0.1, 0.15) is 0 Å². The van der Waals surface area contributed by atoms with E-state index in [1.54, 1.807) is 11.3 Å². The van der Waals surface area contributed by atoms with Crippen molar-refractivity contribution < 1.29 is 0 Å². The van der Waals surface area contributed by atoms with Crippen molar-refractivity contribution in [1.29, 1.82) is 0 Å². The molecule has 0 aliphatic heterocycles. The Bertz CT molecular complexity index is 474. The average Bonchev–Trinajstić information content (AvgIpc) is 2.89. The SMILES string of the molecule is Nc1ncc(CN(Cc2cccs2)C2CC2)s1. The van der Waals surface area contributed by atoms with Gasteiger partial charge in [-0.15, -0.1) is 22.7 Å². The molecule has 3 rings (SSSR count). The maximum absolute atomic E-state index is 5.67. The van der Waals surface area contributed by atoms with Crippen molar-refractivity contribution in [3.05, 3.63) is 33.5 Å². The molecule has 0 spiro atoms. The van der Waals surface area contributed by atoms with E-state index in [0.29, 0.717) is 5.13 Å². The number of aromatic nitrogens is 1. The van der Waals surface area contributed by atoms with Crippen molar-refractivity contribution >= 4 is 27.8 Å². The summed E-state index contributed by atoms with van der Waals surface area (Å²) in [6.45, 7) is 2.04. The lowest BCUT2D eigenvalue weighted by Crippen LogP contribution is -2.24. The molecule has 0 bridgehead atoms. The molecule has 0 amide bonds. The maximum Gasteiger partial charge on any atom is 0.180 e. The van der Waals surface area contributed by atoms with Gasteiger partial charge in [0.2, 0.25) is 0 Å². The Morgan fingerprint density at radius 1 is 1.35 bits per heavy atom. The summed E-state index contributed by atoms with van der Waals surface area (Å²) in [6.07, 6.45) is 4.57. The van der Waals surface area contributed by atoms with Crippen LogP contribution in [0.3, 0.4) is 0 Å². The zero-order valence-electron chi connectivity index (χ0n) is 9.50. The molecule has 5 heteroatoms. The summed E-state index contributed by atoms with van der Waals surface area (Å²) in [5.74, 6) is 0. The predicted molar refractivity (Wildman–Crippen MR) is 73.1 cm³/mol. The molecule has 0 aromatic carbocycles. The number of hydrogen-bond donors (Lipinski definition) is 1. The standard InChI is InChI=1S/C12H15N3S2/c13-12-14-6-11(17-12)8-15(9-3-4-9)7-10-2-1-5-16-10/h1-2,5-6,9H,3-4,7-8H2,(H2,13,14). The minimum atomic E-state index is 0.673. The monoisotopic (exact) mass is 265 g/mol. The Morgan fingerprint density at radius 3 is 2.76 bits per heavy atom. The molecule has 2 heterocycles. The van der Waals surface area contributed by atoms with Crippen LogP contribution in [0.25, 0.3) is 0 Å². The number of thiazole rings is 1. The molecule has 2 aromatic heterocycles. The van der Waals surface area contributed by atoms with Gasteiger partial charge in [0.05, 0.1) is 0 Å². The number of thiophene rings is 1. The van der Waals surface area contributed by atoms with Gasteiger partial charge in [0.15, 0.2) is 5.13 Å². The minimum Gasteiger partial charge on any atom is -0.375 e. The van der Waals surface area contributed by atoms with Crippen LogP contribution in [0, 0.1) is 0 Å². The largest absolute Gasteiger partial charge is 0.375 e. The van der Waals surface area contributed by atoms with Gasteiger partial charge < -0.3 is 5.73 Å². The zero-order chi connectivity index (χ0) is 11.7. The van der Waals surface area contributed by atoms with Crippen LogP contribution in [0.2, 0.25) is 0 Å². The number of hydrogen-bond acceptors (Lipinski definition) is 5. The van der Waals surface area contributed by atoms with E-state index in [2.05, 4.69) is 27.4 Å². The summed E-state index contributed by atoms with van der Waals surface area (Å²) >= 11 is 3.44. The quantitative estimate of drug-likeness (QED) is 0.903. The van der Waals surface area contributed by atoms with E-state index in [4.69, 9.17) is 5.73 Å². The maximum atomic E-state index is 5.67. The van der Waals surface area contributed by atoms with E-state index in [0.717, 1.165) is 19.1 Å². The first-order valence-corrected chi connectivity index (χ1v) is 7.47. The Balaban J connectivity index is 1.68. The molecule has 0 atom stereocenters. The number of rotatable bonds is 5. The Hall–Kier alpha value is -0.910. The van der Waals surface area contributed by atoms with Gasteiger partial charge in [0, 0.05) is 35.1 Å². The third kappa shape index (κ3) is 2.86. The minimum absolute atomic E-state index is 0.673. The summed E-state index contributed by atoms with van der Waals surface area (Å²) in [5.41, 5.74) is 5.67. The molecule has 2 aromatic rings. The van der Waals surface area contributed by atoms with E-state index in [1.165, 1.54) is 22.6 Å². The van der Waals surface area contributed by atoms with Crippen molar-refractivity contribution in [2.75, 3.05) is 5.73 Å². The third-order valence-corrected chi connectivity index (χ3v) is 4.61. The van der Waals surface area contributed by atoms with Crippen LogP contribution in [0.5, 0.6) is 0 Å². The van der Waals surface area contributed by atoms with Crippen LogP contribution in [0.4, 0.5) is 5.13 Å². The van der Waals surface area contributed by atoms with Crippen LogP contribution in [-0.2, 0) is 13.1 Å². The van der Waals surface area contributed by atoms with Crippen molar-refractivity contribution in [3.8, 4) is 0 Å². The number of nitrogens with zero attached hydrogens (tertiary/aromatic N) is 2. The highest BCUT2D eigenvalue weighted by Gasteiger charge is 2.29. The topological polar surface area (TPSA) is 42.1 Å². The number of anilines is 1. The van der Waals surface area contributed by atoms with E-state index in [1.807, 2.05) is 17.5 Å². The molecular formula is C12H15N3S2. The first kappa shape index (κ1) is 11.2. The highest BCUT2D eigenvalue weighted by atomic mass is 32.1. The van der Waals surface area contributed by atoms with Crippen LogP contribution in [0.1, 0.15) is 22.6 Å². The molecule has 1 fully saturated rings. The molecule has 1 aliphatic carbocycles. The Kier molecular flexibility index (Phi) is 3.13. The molecule has 1 saturated carbocycles. The molecule has 17 heavy (non-hydrogen) atoms. The van der Waals surface area contributed by atoms with E-state index < -0.39 is 0 Å². The lowest BCUT2D eigenvalue weighted by Gasteiger charge is -2.20. The molecular weight excluding hydrogens is 250 g/mol. The molecule has 3 nitrogen and oxygen atoms in total. The van der Waals surface area contributed by atoms with Crippen molar-refractivity contribution in [2.24, 2.45) is 0 Å². The van der Waals surface area contributed by atoms with E-state index >= 15 is 0 Å². The Morgan fingerprint density at radius 2 is 2.18 bits per heavy atom. The van der Waals surface area contributed by atoms with Gasteiger partial charge in [-0.3, -0.25) is 4.90 Å². The molecule has 1 aliphatic rings. The first-order valence-electron chi connectivity index (χ1n) is 5.78. The fraction of sp³-hybridized carbons (Fsp3) is 0.417. The van der Waals surface area contributed by atoms with E-state index in [-0.39, 0.29) is 0 Å². The normalized spacial score (nSPS) is 15.6. The summed E-state index contributed by atoms with van der Waals surface area (Å²) in [5, 5.41) is 2.82. The molecule has 0 radical (unpaired) electrons. The highest BCUT2D eigenvalue weighted by Crippen LogP contribution is 2.31. The fourth-order valence-corrected chi connectivity index (χ4v) is 3.39. The molecule has 2 N–H and O–H groups in total.